The predicted molar refractivity (Wildman–Crippen MR) is 124 cm³/mol. The first kappa shape index (κ1) is 22.4. The van der Waals surface area contributed by atoms with E-state index in [2.05, 4.69) is 47.6 Å². The van der Waals surface area contributed by atoms with E-state index in [-0.39, 0.29) is 29.0 Å². The summed E-state index contributed by atoms with van der Waals surface area (Å²) in [6, 6.07) is 0. The molecule has 3 nitrogen and oxygen atoms in total. The molecule has 176 valence electrons. The zero-order valence-electron chi connectivity index (χ0n) is 20.7. The summed E-state index contributed by atoms with van der Waals surface area (Å²) in [5.41, 5.74) is 1.20. The van der Waals surface area contributed by atoms with Crippen molar-refractivity contribution >= 4 is 0 Å². The van der Waals surface area contributed by atoms with Crippen LogP contribution in [0.15, 0.2) is 11.6 Å². The molecule has 0 aromatic heterocycles. The number of hydrogen-bond acceptors (Lipinski definition) is 3. The molecule has 1 saturated heterocycles. The lowest BCUT2D eigenvalue weighted by molar-refractivity contribution is -0.152. The van der Waals surface area contributed by atoms with Gasteiger partial charge in [0.15, 0.2) is 0 Å². The minimum atomic E-state index is -0.605. The molecule has 0 aromatic carbocycles. The van der Waals surface area contributed by atoms with E-state index in [0.29, 0.717) is 29.8 Å². The fraction of sp³-hybridized carbons (Fsp3) is 0.929. The van der Waals surface area contributed by atoms with Gasteiger partial charge in [-0.15, -0.1) is 0 Å². The Bertz CT molecular complexity index is 745. The third-order valence-electron chi connectivity index (χ3n) is 11.7. The highest BCUT2D eigenvalue weighted by molar-refractivity contribution is 5.26. The number of rotatable bonds is 4. The molecule has 3 unspecified atom stereocenters. The highest BCUT2D eigenvalue weighted by Gasteiger charge is 2.67. The molecule has 2 N–H and O–H groups in total. The summed E-state index contributed by atoms with van der Waals surface area (Å²) >= 11 is 0. The quantitative estimate of drug-likeness (QED) is 0.442. The van der Waals surface area contributed by atoms with Crippen molar-refractivity contribution in [2.24, 2.45) is 46.3 Å². The molecular formula is C28H46O3. The van der Waals surface area contributed by atoms with E-state index in [1.165, 1.54) is 12.0 Å². The van der Waals surface area contributed by atoms with Crippen LogP contribution in [-0.2, 0) is 4.74 Å². The second kappa shape index (κ2) is 7.31. The van der Waals surface area contributed by atoms with Crippen LogP contribution in [0.2, 0.25) is 0 Å². The van der Waals surface area contributed by atoms with Gasteiger partial charge in [0, 0.05) is 5.92 Å². The molecule has 1 heterocycles. The number of aliphatic hydroxyl groups is 2. The van der Waals surface area contributed by atoms with Crippen LogP contribution in [0.4, 0.5) is 0 Å². The Hall–Kier alpha value is -0.380. The molecule has 0 amide bonds. The summed E-state index contributed by atoms with van der Waals surface area (Å²) in [5, 5.41) is 22.5. The van der Waals surface area contributed by atoms with E-state index in [0.717, 1.165) is 50.9 Å². The van der Waals surface area contributed by atoms with Gasteiger partial charge in [0.25, 0.3) is 0 Å². The fourth-order valence-corrected chi connectivity index (χ4v) is 9.05. The number of epoxide rings is 1. The van der Waals surface area contributed by atoms with E-state index in [9.17, 15) is 10.2 Å². The van der Waals surface area contributed by atoms with Crippen molar-refractivity contribution in [3.05, 3.63) is 11.6 Å². The summed E-state index contributed by atoms with van der Waals surface area (Å²) in [7, 11) is 0. The predicted octanol–water partition coefficient (Wildman–Crippen LogP) is 5.74. The van der Waals surface area contributed by atoms with Crippen LogP contribution in [0.25, 0.3) is 0 Å². The molecule has 3 heteroatoms. The van der Waals surface area contributed by atoms with Gasteiger partial charge in [0.05, 0.1) is 23.9 Å². The van der Waals surface area contributed by atoms with Gasteiger partial charge in [0.1, 0.15) is 0 Å². The molecule has 4 fully saturated rings. The third kappa shape index (κ3) is 3.08. The number of ether oxygens (including phenoxy) is 1. The topological polar surface area (TPSA) is 53.0 Å². The average Bonchev–Trinajstić information content (AvgIpc) is 3.47. The summed E-state index contributed by atoms with van der Waals surface area (Å²) in [4.78, 5) is 0. The van der Waals surface area contributed by atoms with Crippen molar-refractivity contribution in [3.63, 3.8) is 0 Å². The minimum absolute atomic E-state index is 0.00103. The second-order valence-corrected chi connectivity index (χ2v) is 13.0. The Balaban J connectivity index is 1.38. The molecule has 5 rings (SSSR count). The molecule has 0 radical (unpaired) electrons. The van der Waals surface area contributed by atoms with E-state index in [4.69, 9.17) is 4.74 Å². The molecule has 5 aliphatic rings. The van der Waals surface area contributed by atoms with Gasteiger partial charge >= 0.3 is 0 Å². The van der Waals surface area contributed by atoms with Crippen LogP contribution in [-0.4, -0.2) is 34.1 Å². The van der Waals surface area contributed by atoms with E-state index >= 15 is 0 Å². The molecule has 1 aliphatic heterocycles. The van der Waals surface area contributed by atoms with Gasteiger partial charge in [0.2, 0.25) is 0 Å². The first-order valence-corrected chi connectivity index (χ1v) is 13.3. The van der Waals surface area contributed by atoms with E-state index in [1.54, 1.807) is 0 Å². The molecule has 4 aliphatic carbocycles. The zero-order chi connectivity index (χ0) is 22.3. The number of hydrogen-bond donors (Lipinski definition) is 2. The van der Waals surface area contributed by atoms with E-state index in [1.807, 2.05) is 0 Å². The Morgan fingerprint density at radius 2 is 1.68 bits per heavy atom. The van der Waals surface area contributed by atoms with Crippen LogP contribution in [0, 0.1) is 46.3 Å². The van der Waals surface area contributed by atoms with Gasteiger partial charge < -0.3 is 14.9 Å². The SMILES string of the molecule is CC(C)C(C)C1OC1[C@@H](C)[C@@]1(O)CC[C@H]2[C@@H]3CC=C4C[C@@H](O)CC[C@]4(C)[C@H]3CC[C@@]21C. The van der Waals surface area contributed by atoms with Crippen LogP contribution in [0.3, 0.4) is 0 Å². The first-order chi connectivity index (χ1) is 14.5. The molecule has 0 bridgehead atoms. The molecule has 3 saturated carbocycles. The number of fused-ring (bicyclic) bond motifs is 5. The molecule has 0 aromatic rings. The van der Waals surface area contributed by atoms with Crippen molar-refractivity contribution in [1.29, 1.82) is 0 Å². The highest BCUT2D eigenvalue weighted by atomic mass is 16.6. The van der Waals surface area contributed by atoms with Crippen molar-refractivity contribution < 1.29 is 14.9 Å². The monoisotopic (exact) mass is 430 g/mol. The van der Waals surface area contributed by atoms with Crippen LogP contribution < -0.4 is 0 Å². The maximum Gasteiger partial charge on any atom is 0.0897 e. The molecular weight excluding hydrogens is 384 g/mol. The maximum absolute atomic E-state index is 12.3. The van der Waals surface area contributed by atoms with Gasteiger partial charge in [-0.1, -0.05) is 53.2 Å². The standard InChI is InChI=1S/C28H46O3/c1-16(2)17(3)24-25(31-24)18(4)28(30)14-11-23-21-8-7-19-15-20(29)9-12-26(19,5)22(21)10-13-27(23,28)6/h7,16-18,20-25,29-30H,8-15H2,1-6H3/t17?,18-,20+,21-,22+,23+,24?,25?,26+,27+,28+/m1/s1. The summed E-state index contributed by atoms with van der Waals surface area (Å²) in [6.45, 7) is 14.1. The Kier molecular flexibility index (Phi) is 5.28. The van der Waals surface area contributed by atoms with Crippen molar-refractivity contribution in [1.82, 2.24) is 0 Å². The van der Waals surface area contributed by atoms with Crippen LogP contribution >= 0.6 is 0 Å². The smallest absolute Gasteiger partial charge is 0.0897 e. The molecule has 31 heavy (non-hydrogen) atoms. The van der Waals surface area contributed by atoms with Crippen LogP contribution in [0.1, 0.15) is 92.9 Å². The number of allylic oxidation sites excluding steroid dienone is 1. The number of aliphatic hydroxyl groups excluding tert-OH is 1. The summed E-state index contributed by atoms with van der Waals surface area (Å²) < 4.78 is 6.21. The summed E-state index contributed by atoms with van der Waals surface area (Å²) in [5.74, 6) is 3.41. The third-order valence-corrected chi connectivity index (χ3v) is 11.7. The van der Waals surface area contributed by atoms with E-state index < -0.39 is 5.60 Å². The molecule has 0 spiro atoms. The van der Waals surface area contributed by atoms with Gasteiger partial charge in [-0.05, 0) is 91.8 Å². The lowest BCUT2D eigenvalue weighted by atomic mass is 9.46. The Labute approximate surface area is 190 Å². The maximum atomic E-state index is 12.3. The zero-order valence-corrected chi connectivity index (χ0v) is 20.7. The Morgan fingerprint density at radius 3 is 2.39 bits per heavy atom. The van der Waals surface area contributed by atoms with Gasteiger partial charge in [-0.3, -0.25) is 0 Å². The lowest BCUT2D eigenvalue weighted by Crippen LogP contribution is -2.57. The highest BCUT2D eigenvalue weighted by Crippen LogP contribution is 2.69. The normalized spacial score (nSPS) is 53.3. The lowest BCUT2D eigenvalue weighted by Gasteiger charge is -2.59. The minimum Gasteiger partial charge on any atom is -0.393 e. The van der Waals surface area contributed by atoms with Crippen molar-refractivity contribution in [2.45, 2.75) is 117 Å². The first-order valence-electron chi connectivity index (χ1n) is 13.3. The largest absolute Gasteiger partial charge is 0.393 e. The van der Waals surface area contributed by atoms with Gasteiger partial charge in [-0.2, -0.15) is 0 Å². The molecule has 11 atom stereocenters. The Morgan fingerprint density at radius 1 is 0.968 bits per heavy atom. The van der Waals surface area contributed by atoms with Crippen molar-refractivity contribution in [2.75, 3.05) is 0 Å². The van der Waals surface area contributed by atoms with Gasteiger partial charge in [-0.25, -0.2) is 0 Å². The average molecular weight is 431 g/mol. The second-order valence-electron chi connectivity index (χ2n) is 13.0. The fourth-order valence-electron chi connectivity index (χ4n) is 9.05. The van der Waals surface area contributed by atoms with Crippen LogP contribution in [0.5, 0.6) is 0 Å². The van der Waals surface area contributed by atoms with Crippen molar-refractivity contribution in [3.8, 4) is 0 Å². The summed E-state index contributed by atoms with van der Waals surface area (Å²) in [6.07, 6.45) is 11.5.